The molecule has 32 heavy (non-hydrogen) atoms. The van der Waals surface area contributed by atoms with Gasteiger partial charge in [-0.25, -0.2) is 8.78 Å². The number of likely N-dealkylation sites (tertiary alicyclic amines) is 1. The van der Waals surface area contributed by atoms with Crippen molar-refractivity contribution in [2.75, 3.05) is 13.1 Å². The zero-order chi connectivity index (χ0) is 22.2. The molecule has 1 aliphatic heterocycles. The second-order valence-electron chi connectivity index (χ2n) is 8.85. The lowest BCUT2D eigenvalue weighted by atomic mass is 9.79. The molecule has 3 aromatic rings. The van der Waals surface area contributed by atoms with Gasteiger partial charge in [-0.1, -0.05) is 29.8 Å². The molecule has 1 aliphatic carbocycles. The van der Waals surface area contributed by atoms with E-state index in [1.54, 1.807) is 29.0 Å². The molecule has 1 aromatic heterocycles. The fourth-order valence-electron chi connectivity index (χ4n) is 5.19. The maximum absolute atomic E-state index is 13.9. The average Bonchev–Trinajstić information content (AvgIpc) is 3.17. The molecule has 2 aromatic carbocycles. The fraction of sp³-hybridized carbons (Fsp3) is 0.346. The minimum Gasteiger partial charge on any atom is -0.339 e. The monoisotopic (exact) mass is 454 g/mol. The maximum atomic E-state index is 13.9. The van der Waals surface area contributed by atoms with Crippen molar-refractivity contribution in [2.24, 2.45) is 11.8 Å². The van der Waals surface area contributed by atoms with Crippen LogP contribution in [0, 0.1) is 23.5 Å². The van der Waals surface area contributed by atoms with E-state index in [0.717, 1.165) is 37.4 Å². The Bertz CT molecular complexity index is 1170. The van der Waals surface area contributed by atoms with Gasteiger partial charge in [0, 0.05) is 35.8 Å². The van der Waals surface area contributed by atoms with Crippen LogP contribution in [0.15, 0.2) is 54.7 Å². The van der Waals surface area contributed by atoms with E-state index in [1.807, 2.05) is 4.90 Å². The van der Waals surface area contributed by atoms with Crippen LogP contribution in [0.5, 0.6) is 0 Å². The molecule has 5 rings (SSSR count). The van der Waals surface area contributed by atoms with Gasteiger partial charge >= 0.3 is 0 Å². The molecule has 0 radical (unpaired) electrons. The molecule has 2 aliphatic rings. The van der Waals surface area contributed by atoms with Gasteiger partial charge in [0.25, 0.3) is 5.91 Å². The van der Waals surface area contributed by atoms with Gasteiger partial charge in [0.1, 0.15) is 11.6 Å². The molecule has 0 saturated carbocycles. The number of hydrogen-bond donors (Lipinski definition) is 0. The van der Waals surface area contributed by atoms with Crippen molar-refractivity contribution in [1.29, 1.82) is 0 Å². The summed E-state index contributed by atoms with van der Waals surface area (Å²) in [6.07, 6.45) is 12.0. The number of carbonyl (C=O) groups is 1. The number of nitrogens with zero attached hydrogens (tertiary/aromatic N) is 2. The van der Waals surface area contributed by atoms with Crippen molar-refractivity contribution in [1.82, 2.24) is 9.47 Å². The highest BCUT2D eigenvalue weighted by Gasteiger charge is 2.29. The highest BCUT2D eigenvalue weighted by Crippen LogP contribution is 2.34. The van der Waals surface area contributed by atoms with Crippen LogP contribution in [0.4, 0.5) is 8.78 Å². The molecular formula is C26H25ClF2N2O. The summed E-state index contributed by atoms with van der Waals surface area (Å²) in [6, 6.07) is 8.59. The Morgan fingerprint density at radius 2 is 1.75 bits per heavy atom. The molecule has 1 fully saturated rings. The summed E-state index contributed by atoms with van der Waals surface area (Å²) < 4.78 is 29.4. The van der Waals surface area contributed by atoms with E-state index in [2.05, 4.69) is 12.2 Å². The van der Waals surface area contributed by atoms with Crippen LogP contribution >= 0.6 is 11.6 Å². The minimum absolute atomic E-state index is 0.0504. The van der Waals surface area contributed by atoms with Gasteiger partial charge in [-0.3, -0.25) is 4.79 Å². The third kappa shape index (κ3) is 4.06. The van der Waals surface area contributed by atoms with Crippen LogP contribution in [0.1, 0.15) is 42.5 Å². The smallest absolute Gasteiger partial charge is 0.256 e. The summed E-state index contributed by atoms with van der Waals surface area (Å²) in [5.74, 6) is -0.129. The highest BCUT2D eigenvalue weighted by atomic mass is 35.5. The van der Waals surface area contributed by atoms with E-state index in [-0.39, 0.29) is 5.91 Å². The van der Waals surface area contributed by atoms with Crippen molar-refractivity contribution in [3.63, 3.8) is 0 Å². The first-order valence-electron chi connectivity index (χ1n) is 11.2. The quantitative estimate of drug-likeness (QED) is 0.401. The molecule has 0 spiro atoms. The van der Waals surface area contributed by atoms with E-state index in [9.17, 15) is 13.6 Å². The summed E-state index contributed by atoms with van der Waals surface area (Å²) in [7, 11) is 0. The molecule has 6 heteroatoms. The molecule has 166 valence electrons. The van der Waals surface area contributed by atoms with Crippen LogP contribution < -0.4 is 0 Å². The molecule has 1 atom stereocenters. The van der Waals surface area contributed by atoms with Crippen molar-refractivity contribution >= 4 is 28.4 Å². The average molecular weight is 455 g/mol. The Morgan fingerprint density at radius 3 is 2.44 bits per heavy atom. The van der Waals surface area contributed by atoms with Crippen molar-refractivity contribution < 1.29 is 13.6 Å². The molecule has 1 saturated heterocycles. The first kappa shape index (κ1) is 21.2. The zero-order valence-corrected chi connectivity index (χ0v) is 18.5. The molecule has 1 unspecified atom stereocenters. The standard InChI is InChI=1S/C26H25ClF2N2O/c27-19-6-7-23-24(16-31(25(23)12-19)22-14-20(28)13-21(29)15-22)26(32)30-10-8-18(9-11-30)17-4-2-1-3-5-17/h2,4,6-7,12-18H,1,3,5,8-11H2. The maximum Gasteiger partial charge on any atom is 0.256 e. The number of hydrogen-bond acceptors (Lipinski definition) is 1. The number of rotatable bonds is 3. The van der Waals surface area contributed by atoms with Crippen LogP contribution in [-0.4, -0.2) is 28.5 Å². The summed E-state index contributed by atoms with van der Waals surface area (Å²) in [4.78, 5) is 15.4. The molecule has 3 nitrogen and oxygen atoms in total. The Hall–Kier alpha value is -2.66. The second-order valence-corrected chi connectivity index (χ2v) is 9.29. The number of benzene rings is 2. The number of piperidine rings is 1. The molecule has 2 heterocycles. The van der Waals surface area contributed by atoms with Gasteiger partial charge in [-0.15, -0.1) is 0 Å². The lowest BCUT2D eigenvalue weighted by Gasteiger charge is -2.36. The van der Waals surface area contributed by atoms with Gasteiger partial charge in [0.2, 0.25) is 0 Å². The largest absolute Gasteiger partial charge is 0.339 e. The van der Waals surface area contributed by atoms with E-state index in [0.29, 0.717) is 33.6 Å². The number of aromatic nitrogens is 1. The second kappa shape index (κ2) is 8.70. The molecular weight excluding hydrogens is 430 g/mol. The first-order valence-corrected chi connectivity index (χ1v) is 11.6. The van der Waals surface area contributed by atoms with E-state index in [1.165, 1.54) is 31.4 Å². The Morgan fingerprint density at radius 1 is 1.00 bits per heavy atom. The van der Waals surface area contributed by atoms with Gasteiger partial charge in [-0.05, 0) is 68.2 Å². The van der Waals surface area contributed by atoms with Gasteiger partial charge in [-0.2, -0.15) is 0 Å². The lowest BCUT2D eigenvalue weighted by molar-refractivity contribution is 0.0668. The third-order valence-electron chi connectivity index (χ3n) is 6.85. The SMILES string of the molecule is O=C(c1cn(-c2cc(F)cc(F)c2)c2cc(Cl)ccc12)N1CCC(C2C=CCCC2)CC1. The molecule has 1 amide bonds. The van der Waals surface area contributed by atoms with Gasteiger partial charge in [0.05, 0.1) is 16.8 Å². The highest BCUT2D eigenvalue weighted by molar-refractivity contribution is 6.31. The van der Waals surface area contributed by atoms with Gasteiger partial charge in [0.15, 0.2) is 0 Å². The first-order chi connectivity index (χ1) is 15.5. The summed E-state index contributed by atoms with van der Waals surface area (Å²) in [6.45, 7) is 1.45. The zero-order valence-electron chi connectivity index (χ0n) is 17.7. The van der Waals surface area contributed by atoms with Crippen LogP contribution in [0.3, 0.4) is 0 Å². The third-order valence-corrected chi connectivity index (χ3v) is 7.08. The number of allylic oxidation sites excluding steroid dienone is 2. The number of halogens is 3. The fourth-order valence-corrected chi connectivity index (χ4v) is 5.36. The normalized spacial score (nSPS) is 19.6. The van der Waals surface area contributed by atoms with E-state index >= 15 is 0 Å². The summed E-state index contributed by atoms with van der Waals surface area (Å²) >= 11 is 6.21. The number of carbonyl (C=O) groups excluding carboxylic acids is 1. The van der Waals surface area contributed by atoms with Crippen molar-refractivity contribution in [3.8, 4) is 5.69 Å². The predicted octanol–water partition coefficient (Wildman–Crippen LogP) is 6.77. The lowest BCUT2D eigenvalue weighted by Crippen LogP contribution is -2.40. The Labute approximate surface area is 191 Å². The van der Waals surface area contributed by atoms with Crippen molar-refractivity contribution in [2.45, 2.75) is 32.1 Å². The molecule has 0 bridgehead atoms. The Balaban J connectivity index is 1.45. The Kier molecular flexibility index (Phi) is 5.76. The summed E-state index contributed by atoms with van der Waals surface area (Å²) in [5.41, 5.74) is 1.49. The summed E-state index contributed by atoms with van der Waals surface area (Å²) in [5, 5.41) is 1.22. The van der Waals surface area contributed by atoms with Gasteiger partial charge < -0.3 is 9.47 Å². The van der Waals surface area contributed by atoms with Crippen LogP contribution in [0.25, 0.3) is 16.6 Å². The number of fused-ring (bicyclic) bond motifs is 1. The van der Waals surface area contributed by atoms with Crippen LogP contribution in [0.2, 0.25) is 5.02 Å². The molecule has 0 N–H and O–H groups in total. The van der Waals surface area contributed by atoms with E-state index in [4.69, 9.17) is 11.6 Å². The predicted molar refractivity (Wildman–Crippen MR) is 123 cm³/mol. The minimum atomic E-state index is -0.671. The topological polar surface area (TPSA) is 25.2 Å². The van der Waals surface area contributed by atoms with Crippen molar-refractivity contribution in [3.05, 3.63) is 77.0 Å². The number of amides is 1. The van der Waals surface area contributed by atoms with E-state index < -0.39 is 11.6 Å². The van der Waals surface area contributed by atoms with Crippen LogP contribution in [-0.2, 0) is 0 Å².